The van der Waals surface area contributed by atoms with Gasteiger partial charge in [0.05, 0.1) is 34.5 Å². The first-order valence-electron chi connectivity index (χ1n) is 9.57. The van der Waals surface area contributed by atoms with Crippen molar-refractivity contribution in [2.75, 3.05) is 35.0 Å². The first-order valence-corrected chi connectivity index (χ1v) is 10.4. The lowest BCUT2D eigenvalue weighted by Gasteiger charge is -2.33. The zero-order valence-corrected chi connectivity index (χ0v) is 19.1. The van der Waals surface area contributed by atoms with Crippen molar-refractivity contribution in [3.8, 4) is 23.0 Å². The maximum absolute atomic E-state index is 12.0. The number of aliphatic carboxylic acids is 1. The Bertz CT molecular complexity index is 893. The number of benzene rings is 2. The molecule has 30 heavy (non-hydrogen) atoms. The predicted molar refractivity (Wildman–Crippen MR) is 116 cm³/mol. The number of nitrogens with zero attached hydrogens (tertiary/aromatic N) is 1. The molecule has 8 heteroatoms. The van der Waals surface area contributed by atoms with Crippen LogP contribution in [0.1, 0.15) is 30.0 Å². The monoisotopic (exact) mass is 479 g/mol. The minimum atomic E-state index is -0.834. The molecule has 0 saturated carbocycles. The van der Waals surface area contributed by atoms with Crippen LogP contribution in [0, 0.1) is 0 Å². The van der Waals surface area contributed by atoms with Crippen molar-refractivity contribution < 1.29 is 28.8 Å². The lowest BCUT2D eigenvalue weighted by Crippen LogP contribution is -2.39. The van der Waals surface area contributed by atoms with Crippen LogP contribution in [0.25, 0.3) is 0 Å². The van der Waals surface area contributed by atoms with Crippen molar-refractivity contribution in [2.45, 2.75) is 24.9 Å². The Kier molecular flexibility index (Phi) is 7.10. The van der Waals surface area contributed by atoms with E-state index < -0.39 is 12.0 Å². The Hall–Kier alpha value is -2.45. The predicted octanol–water partition coefficient (Wildman–Crippen LogP) is 4.12. The number of hydrogen-bond acceptors (Lipinski definition) is 6. The van der Waals surface area contributed by atoms with Gasteiger partial charge in [-0.05, 0) is 48.7 Å². The van der Waals surface area contributed by atoms with Gasteiger partial charge in [-0.15, -0.1) is 0 Å². The summed E-state index contributed by atoms with van der Waals surface area (Å²) in [5.74, 6) is 1.35. The summed E-state index contributed by atoms with van der Waals surface area (Å²) in [7, 11) is 6.28. The Labute approximate surface area is 184 Å². The molecule has 2 unspecified atom stereocenters. The van der Waals surface area contributed by atoms with Crippen LogP contribution in [0.2, 0.25) is 0 Å². The van der Waals surface area contributed by atoms with E-state index in [-0.39, 0.29) is 6.04 Å². The van der Waals surface area contributed by atoms with Gasteiger partial charge in [-0.3, -0.25) is 9.69 Å². The quantitative estimate of drug-likeness (QED) is 0.609. The van der Waals surface area contributed by atoms with Crippen molar-refractivity contribution in [1.82, 2.24) is 4.90 Å². The number of hydrogen-bond donors (Lipinski definition) is 1. The second kappa shape index (κ2) is 9.57. The molecule has 2 aromatic carbocycles. The smallest absolute Gasteiger partial charge is 0.320 e. The van der Waals surface area contributed by atoms with Gasteiger partial charge in [0.15, 0.2) is 11.5 Å². The normalized spacial score (nSPS) is 17.4. The summed E-state index contributed by atoms with van der Waals surface area (Å²) >= 11 is 3.54. The standard InChI is InChI=1S/C22H26BrNO6/c1-27-17-8-7-14(23)12-15(17)20(24-9-5-6-16(24)22(25)26)13-10-18(28-2)21(30-4)19(11-13)29-3/h7-8,10-12,16,20H,5-6,9H2,1-4H3,(H,25,26). The molecule has 7 nitrogen and oxygen atoms in total. The summed E-state index contributed by atoms with van der Waals surface area (Å²) in [6.45, 7) is 0.647. The molecule has 1 heterocycles. The fourth-order valence-electron chi connectivity index (χ4n) is 4.09. The number of rotatable bonds is 8. The molecule has 0 aliphatic carbocycles. The maximum Gasteiger partial charge on any atom is 0.320 e. The first-order chi connectivity index (χ1) is 14.4. The Morgan fingerprint density at radius 1 is 1.03 bits per heavy atom. The van der Waals surface area contributed by atoms with Crippen LogP contribution in [0.4, 0.5) is 0 Å². The van der Waals surface area contributed by atoms with Gasteiger partial charge in [-0.1, -0.05) is 15.9 Å². The average Bonchev–Trinajstić information content (AvgIpc) is 3.23. The molecule has 0 radical (unpaired) electrons. The highest BCUT2D eigenvalue weighted by Crippen LogP contribution is 2.45. The number of halogens is 1. The second-order valence-corrected chi connectivity index (χ2v) is 7.90. The van der Waals surface area contributed by atoms with Gasteiger partial charge in [-0.2, -0.15) is 0 Å². The largest absolute Gasteiger partial charge is 0.496 e. The van der Waals surface area contributed by atoms with Crippen molar-refractivity contribution in [3.63, 3.8) is 0 Å². The van der Waals surface area contributed by atoms with Crippen molar-refractivity contribution in [3.05, 3.63) is 45.9 Å². The third-order valence-corrected chi connectivity index (χ3v) is 5.89. The number of ether oxygens (including phenoxy) is 4. The first kappa shape index (κ1) is 22.2. The Morgan fingerprint density at radius 2 is 1.67 bits per heavy atom. The van der Waals surface area contributed by atoms with Crippen LogP contribution in [0.5, 0.6) is 23.0 Å². The summed E-state index contributed by atoms with van der Waals surface area (Å²) < 4.78 is 23.1. The van der Waals surface area contributed by atoms with Gasteiger partial charge in [0.25, 0.3) is 0 Å². The zero-order valence-electron chi connectivity index (χ0n) is 17.5. The van der Waals surface area contributed by atoms with Crippen LogP contribution in [0.15, 0.2) is 34.8 Å². The molecule has 3 rings (SSSR count). The molecule has 2 aromatic rings. The van der Waals surface area contributed by atoms with Crippen LogP contribution >= 0.6 is 15.9 Å². The van der Waals surface area contributed by atoms with E-state index in [0.29, 0.717) is 36.0 Å². The Balaban J connectivity index is 2.26. The molecule has 1 aliphatic heterocycles. The fourth-order valence-corrected chi connectivity index (χ4v) is 4.47. The average molecular weight is 480 g/mol. The highest BCUT2D eigenvalue weighted by Gasteiger charge is 2.38. The highest BCUT2D eigenvalue weighted by molar-refractivity contribution is 9.10. The third kappa shape index (κ3) is 4.20. The maximum atomic E-state index is 12.0. The molecule has 1 N–H and O–H groups in total. The molecule has 0 spiro atoms. The van der Waals surface area contributed by atoms with Gasteiger partial charge in [0.2, 0.25) is 5.75 Å². The van der Waals surface area contributed by atoms with E-state index in [1.165, 1.54) is 0 Å². The number of carboxylic acid groups (broad SMARTS) is 1. The minimum absolute atomic E-state index is 0.380. The summed E-state index contributed by atoms with van der Waals surface area (Å²) in [6.07, 6.45) is 1.39. The van der Waals surface area contributed by atoms with Crippen LogP contribution < -0.4 is 18.9 Å². The van der Waals surface area contributed by atoms with E-state index in [9.17, 15) is 9.90 Å². The molecule has 1 aliphatic rings. The molecule has 0 aromatic heterocycles. The number of methoxy groups -OCH3 is 4. The highest BCUT2D eigenvalue weighted by atomic mass is 79.9. The van der Waals surface area contributed by atoms with Crippen LogP contribution in [-0.2, 0) is 4.79 Å². The van der Waals surface area contributed by atoms with E-state index in [0.717, 1.165) is 22.0 Å². The lowest BCUT2D eigenvalue weighted by molar-refractivity contribution is -0.142. The van der Waals surface area contributed by atoms with Gasteiger partial charge in [-0.25, -0.2) is 0 Å². The topological polar surface area (TPSA) is 77.5 Å². The summed E-state index contributed by atoms with van der Waals surface area (Å²) in [6, 6.07) is 8.48. The molecule has 0 amide bonds. The molecule has 2 atom stereocenters. The van der Waals surface area contributed by atoms with E-state index in [2.05, 4.69) is 15.9 Å². The summed E-state index contributed by atoms with van der Waals surface area (Å²) in [4.78, 5) is 14.0. The molecular weight excluding hydrogens is 454 g/mol. The molecule has 1 saturated heterocycles. The second-order valence-electron chi connectivity index (χ2n) is 6.98. The van der Waals surface area contributed by atoms with E-state index in [1.54, 1.807) is 28.4 Å². The van der Waals surface area contributed by atoms with E-state index in [1.807, 2.05) is 35.2 Å². The van der Waals surface area contributed by atoms with Crippen molar-refractivity contribution >= 4 is 21.9 Å². The van der Waals surface area contributed by atoms with Gasteiger partial charge in [0.1, 0.15) is 11.8 Å². The summed E-state index contributed by atoms with van der Waals surface area (Å²) in [5.41, 5.74) is 1.68. The van der Waals surface area contributed by atoms with E-state index in [4.69, 9.17) is 18.9 Å². The summed E-state index contributed by atoms with van der Waals surface area (Å²) in [5, 5.41) is 9.84. The Morgan fingerprint density at radius 3 is 2.20 bits per heavy atom. The molecular formula is C22H26BrNO6. The molecule has 0 bridgehead atoms. The molecule has 162 valence electrons. The zero-order chi connectivity index (χ0) is 21.8. The minimum Gasteiger partial charge on any atom is -0.496 e. The van der Waals surface area contributed by atoms with E-state index >= 15 is 0 Å². The van der Waals surface area contributed by atoms with Crippen molar-refractivity contribution in [2.24, 2.45) is 0 Å². The number of carbonyl (C=O) groups is 1. The third-order valence-electron chi connectivity index (χ3n) is 5.40. The van der Waals surface area contributed by atoms with Gasteiger partial charge in [0, 0.05) is 16.6 Å². The fraction of sp³-hybridized carbons (Fsp3) is 0.409. The lowest BCUT2D eigenvalue weighted by atomic mass is 9.94. The molecule has 1 fully saturated rings. The number of carboxylic acids is 1. The number of likely N-dealkylation sites (tertiary alicyclic amines) is 1. The van der Waals surface area contributed by atoms with Gasteiger partial charge >= 0.3 is 5.97 Å². The van der Waals surface area contributed by atoms with Crippen LogP contribution in [-0.4, -0.2) is 57.0 Å². The SMILES string of the molecule is COc1ccc(Br)cc1C(c1cc(OC)c(OC)c(OC)c1)N1CCCC1C(=O)O. The van der Waals surface area contributed by atoms with Gasteiger partial charge < -0.3 is 24.1 Å². The van der Waals surface area contributed by atoms with Crippen LogP contribution in [0.3, 0.4) is 0 Å². The van der Waals surface area contributed by atoms with Crippen molar-refractivity contribution in [1.29, 1.82) is 0 Å².